The molecule has 0 spiro atoms. The first-order chi connectivity index (χ1) is 14.9. The van der Waals surface area contributed by atoms with Crippen LogP contribution < -0.4 is 4.90 Å². The fraction of sp³-hybridized carbons (Fsp3) is 0.0435. The lowest BCUT2D eigenvalue weighted by Gasteiger charge is -2.25. The molecular weight excluding hydrogens is 400 g/mol. The van der Waals surface area contributed by atoms with Crippen molar-refractivity contribution in [3.8, 4) is 5.75 Å². The first-order valence-electron chi connectivity index (χ1n) is 9.28. The topological polar surface area (TPSA) is 121 Å². The van der Waals surface area contributed by atoms with Crippen molar-refractivity contribution < 1.29 is 24.7 Å². The fourth-order valence-corrected chi connectivity index (χ4v) is 3.56. The lowest BCUT2D eigenvalue weighted by atomic mass is 9.95. The molecular formula is C23H16N2O6. The van der Waals surface area contributed by atoms with E-state index < -0.39 is 22.7 Å². The first kappa shape index (κ1) is 19.8. The number of phenolic OH excluding ortho intramolecular Hbond substituents is 1. The lowest BCUT2D eigenvalue weighted by Crippen LogP contribution is -2.29. The Bertz CT molecular complexity index is 1200. The smallest absolute Gasteiger partial charge is 0.300 e. The maximum absolute atomic E-state index is 13.0. The Morgan fingerprint density at radius 2 is 1.52 bits per heavy atom. The Morgan fingerprint density at radius 3 is 2.10 bits per heavy atom. The van der Waals surface area contributed by atoms with Gasteiger partial charge in [0.15, 0.2) is 0 Å². The van der Waals surface area contributed by atoms with E-state index in [1.54, 1.807) is 30.3 Å². The summed E-state index contributed by atoms with van der Waals surface area (Å²) in [6, 6.07) is 18.5. The number of anilines is 1. The maximum Gasteiger partial charge on any atom is 0.300 e. The van der Waals surface area contributed by atoms with Crippen LogP contribution in [0.1, 0.15) is 17.2 Å². The van der Waals surface area contributed by atoms with Crippen molar-refractivity contribution in [2.75, 3.05) is 4.90 Å². The summed E-state index contributed by atoms with van der Waals surface area (Å²) < 4.78 is 0. The molecule has 0 aliphatic carbocycles. The molecule has 0 bridgehead atoms. The molecule has 154 valence electrons. The van der Waals surface area contributed by atoms with Gasteiger partial charge in [0.05, 0.1) is 16.5 Å². The van der Waals surface area contributed by atoms with Gasteiger partial charge >= 0.3 is 0 Å². The molecule has 1 saturated heterocycles. The van der Waals surface area contributed by atoms with Crippen molar-refractivity contribution in [2.45, 2.75) is 6.04 Å². The monoisotopic (exact) mass is 416 g/mol. The standard InChI is InChI=1S/C23H16N2O6/c26-18-12-10-16(11-13-18)24-20(14-6-8-17(9-7-14)25(30)31)19(22(28)23(24)29)21(27)15-4-2-1-3-5-15/h1-13,20,26-27H/b21-19-. The van der Waals surface area contributed by atoms with Gasteiger partial charge in [-0.05, 0) is 42.0 Å². The van der Waals surface area contributed by atoms with E-state index in [1.165, 1.54) is 53.4 Å². The second-order valence-electron chi connectivity index (χ2n) is 6.90. The summed E-state index contributed by atoms with van der Waals surface area (Å²) in [6.07, 6.45) is 0. The van der Waals surface area contributed by atoms with Gasteiger partial charge in [0.1, 0.15) is 11.5 Å². The van der Waals surface area contributed by atoms with Crippen LogP contribution in [0.3, 0.4) is 0 Å². The number of hydrogen-bond donors (Lipinski definition) is 2. The van der Waals surface area contributed by atoms with Crippen molar-refractivity contribution in [2.24, 2.45) is 0 Å². The molecule has 0 saturated carbocycles. The minimum atomic E-state index is -1.01. The van der Waals surface area contributed by atoms with Crippen LogP contribution >= 0.6 is 0 Å². The zero-order valence-electron chi connectivity index (χ0n) is 16.0. The van der Waals surface area contributed by atoms with Crippen LogP contribution in [0.5, 0.6) is 5.75 Å². The molecule has 1 aliphatic heterocycles. The summed E-state index contributed by atoms with van der Waals surface area (Å²) in [5, 5.41) is 31.5. The van der Waals surface area contributed by atoms with Crippen LogP contribution in [0.4, 0.5) is 11.4 Å². The Hall–Kier alpha value is -4.46. The predicted octanol–water partition coefficient (Wildman–Crippen LogP) is 3.93. The van der Waals surface area contributed by atoms with Gasteiger partial charge in [0, 0.05) is 23.4 Å². The Balaban J connectivity index is 1.93. The number of hydrogen-bond acceptors (Lipinski definition) is 6. The minimum absolute atomic E-state index is 0.0171. The molecule has 1 atom stereocenters. The molecule has 31 heavy (non-hydrogen) atoms. The number of nitro benzene ring substituents is 1. The van der Waals surface area contributed by atoms with Crippen LogP contribution in [0, 0.1) is 10.1 Å². The number of amides is 1. The molecule has 4 rings (SSSR count). The molecule has 0 radical (unpaired) electrons. The Kier molecular flexibility index (Phi) is 4.96. The number of carbonyl (C=O) groups is 2. The van der Waals surface area contributed by atoms with Crippen molar-refractivity contribution in [1.82, 2.24) is 0 Å². The summed E-state index contributed by atoms with van der Waals surface area (Å²) in [4.78, 5) is 37.6. The molecule has 1 aliphatic rings. The molecule has 8 nitrogen and oxygen atoms in total. The average molecular weight is 416 g/mol. The largest absolute Gasteiger partial charge is 0.508 e. The van der Waals surface area contributed by atoms with E-state index in [0.29, 0.717) is 16.8 Å². The van der Waals surface area contributed by atoms with Crippen molar-refractivity contribution >= 4 is 28.8 Å². The molecule has 3 aromatic carbocycles. The zero-order valence-corrected chi connectivity index (χ0v) is 16.0. The summed E-state index contributed by atoms with van der Waals surface area (Å²) in [7, 11) is 0. The number of carbonyl (C=O) groups excluding carboxylic acids is 2. The van der Waals surface area contributed by atoms with Crippen molar-refractivity contribution in [1.29, 1.82) is 0 Å². The second kappa shape index (κ2) is 7.75. The highest BCUT2D eigenvalue weighted by Crippen LogP contribution is 2.42. The third-order valence-corrected chi connectivity index (χ3v) is 5.04. The van der Waals surface area contributed by atoms with Crippen molar-refractivity contribution in [3.05, 3.63) is 106 Å². The predicted molar refractivity (Wildman–Crippen MR) is 112 cm³/mol. The van der Waals surface area contributed by atoms with Gasteiger partial charge in [0.25, 0.3) is 17.4 Å². The van der Waals surface area contributed by atoms with Crippen LogP contribution in [0.25, 0.3) is 5.76 Å². The number of benzene rings is 3. The van der Waals surface area contributed by atoms with E-state index in [9.17, 15) is 29.9 Å². The third-order valence-electron chi connectivity index (χ3n) is 5.04. The summed E-state index contributed by atoms with van der Waals surface area (Å²) in [6.45, 7) is 0. The van der Waals surface area contributed by atoms with Crippen LogP contribution in [0.15, 0.2) is 84.4 Å². The number of phenols is 1. The number of aliphatic hydroxyl groups is 1. The molecule has 1 unspecified atom stereocenters. The number of nitrogens with zero attached hydrogens (tertiary/aromatic N) is 2. The summed E-state index contributed by atoms with van der Waals surface area (Å²) in [5.41, 5.74) is 0.829. The normalized spacial score (nSPS) is 17.7. The molecule has 3 aromatic rings. The number of ketones is 1. The number of aromatic hydroxyl groups is 1. The van der Waals surface area contributed by atoms with Gasteiger partial charge in [-0.1, -0.05) is 30.3 Å². The first-order valence-corrected chi connectivity index (χ1v) is 9.28. The number of nitro groups is 1. The highest BCUT2D eigenvalue weighted by atomic mass is 16.6. The summed E-state index contributed by atoms with van der Waals surface area (Å²) >= 11 is 0. The number of non-ortho nitro benzene ring substituents is 1. The van der Waals surface area contributed by atoms with E-state index in [1.807, 2.05) is 0 Å². The molecule has 1 amide bonds. The van der Waals surface area contributed by atoms with Gasteiger partial charge in [-0.3, -0.25) is 24.6 Å². The highest BCUT2D eigenvalue weighted by molar-refractivity contribution is 6.51. The van der Waals surface area contributed by atoms with Crippen LogP contribution in [-0.2, 0) is 9.59 Å². The number of aliphatic hydroxyl groups excluding tert-OH is 1. The van der Waals surface area contributed by atoms with Gasteiger partial charge in [-0.15, -0.1) is 0 Å². The number of Topliss-reactive ketones (excluding diaryl/α,β-unsaturated/α-hetero) is 1. The highest BCUT2D eigenvalue weighted by Gasteiger charge is 2.47. The average Bonchev–Trinajstić information content (AvgIpc) is 3.05. The van der Waals surface area contributed by atoms with E-state index in [4.69, 9.17) is 0 Å². The van der Waals surface area contributed by atoms with Gasteiger partial charge in [-0.2, -0.15) is 0 Å². The Morgan fingerprint density at radius 1 is 0.903 bits per heavy atom. The van der Waals surface area contributed by atoms with Gasteiger partial charge in [-0.25, -0.2) is 0 Å². The van der Waals surface area contributed by atoms with Gasteiger partial charge in [0.2, 0.25) is 0 Å². The fourth-order valence-electron chi connectivity index (χ4n) is 3.56. The lowest BCUT2D eigenvalue weighted by molar-refractivity contribution is -0.384. The van der Waals surface area contributed by atoms with E-state index in [2.05, 4.69) is 0 Å². The van der Waals surface area contributed by atoms with E-state index >= 15 is 0 Å². The van der Waals surface area contributed by atoms with Crippen LogP contribution in [0.2, 0.25) is 0 Å². The summed E-state index contributed by atoms with van der Waals surface area (Å²) in [5.74, 6) is -2.09. The second-order valence-corrected chi connectivity index (χ2v) is 6.90. The number of rotatable bonds is 4. The minimum Gasteiger partial charge on any atom is -0.508 e. The van der Waals surface area contributed by atoms with Crippen LogP contribution in [-0.4, -0.2) is 26.8 Å². The van der Waals surface area contributed by atoms with Crippen molar-refractivity contribution in [3.63, 3.8) is 0 Å². The molecule has 8 heteroatoms. The SMILES string of the molecule is O=C1C(=O)N(c2ccc(O)cc2)C(c2ccc([N+](=O)[O-])cc2)/C1=C(/O)c1ccccc1. The molecule has 0 aromatic heterocycles. The third kappa shape index (κ3) is 3.51. The zero-order chi connectivity index (χ0) is 22.1. The van der Waals surface area contributed by atoms with Gasteiger partial charge < -0.3 is 10.2 Å². The molecule has 2 N–H and O–H groups in total. The molecule has 1 heterocycles. The van der Waals surface area contributed by atoms with E-state index in [0.717, 1.165) is 0 Å². The van der Waals surface area contributed by atoms with E-state index in [-0.39, 0.29) is 22.8 Å². The quantitative estimate of drug-likeness (QED) is 0.219. The Labute approximate surface area is 176 Å². The molecule has 1 fully saturated rings. The maximum atomic E-state index is 13.0.